The van der Waals surface area contributed by atoms with Crippen molar-refractivity contribution >= 4 is 37.7 Å². The number of pyridine rings is 3. The fourth-order valence-corrected chi connectivity index (χ4v) is 10.0. The summed E-state index contributed by atoms with van der Waals surface area (Å²) in [6.45, 7) is 16.8. The van der Waals surface area contributed by atoms with Crippen molar-refractivity contribution in [2.75, 3.05) is 0 Å². The molecule has 360 valence electrons. The van der Waals surface area contributed by atoms with Gasteiger partial charge in [0, 0.05) is 41.3 Å². The average Bonchev–Trinajstić information content (AvgIpc) is 4.07. The molecule has 4 unspecified atom stereocenters. The Morgan fingerprint density at radius 1 is 0.471 bits per heavy atom. The molecule has 0 radical (unpaired) electrons. The van der Waals surface area contributed by atoms with E-state index in [1.165, 1.54) is 24.7 Å². The molecule has 4 fully saturated rings. The van der Waals surface area contributed by atoms with Gasteiger partial charge < -0.3 is 27.9 Å². The molecule has 6 heterocycles. The van der Waals surface area contributed by atoms with Crippen molar-refractivity contribution in [3.63, 3.8) is 0 Å². The zero-order chi connectivity index (χ0) is 49.3. The number of hydrogen-bond acceptors (Lipinski definition) is 9. The van der Waals surface area contributed by atoms with Crippen molar-refractivity contribution in [1.82, 2.24) is 15.0 Å². The highest BCUT2D eigenvalue weighted by molar-refractivity contribution is 6.63. The van der Waals surface area contributed by atoms with Crippen LogP contribution < -0.4 is 16.4 Å². The van der Waals surface area contributed by atoms with Crippen LogP contribution in [0.3, 0.4) is 0 Å². The summed E-state index contributed by atoms with van der Waals surface area (Å²) < 4.78 is 81.8. The SMILES string of the molecule is CC1(C)OB(c2ccc(-c3ccc(C4CC4)nc3)cc2)OC1(C)CCC1(C)OB(c2ccc(-c3ccccn3)cc2)OC1(C)CCC1(C)OB(c2ccc(-c3ccnc(C(F)(F)F)c3)cc2)OC1(C)C. The zero-order valence-corrected chi connectivity index (χ0v) is 41.2. The van der Waals surface area contributed by atoms with Gasteiger partial charge in [-0.15, -0.1) is 0 Å². The fraction of sp³-hybridized carbons (Fsp3) is 0.400. The average molecular weight is 948 g/mol. The number of aromatic nitrogens is 3. The molecule has 3 aromatic heterocycles. The van der Waals surface area contributed by atoms with Gasteiger partial charge in [-0.2, -0.15) is 13.2 Å². The van der Waals surface area contributed by atoms with Crippen LogP contribution in [0.2, 0.25) is 0 Å². The van der Waals surface area contributed by atoms with E-state index < -0.39 is 66.8 Å². The first-order chi connectivity index (χ1) is 33.2. The molecule has 10 rings (SSSR count). The minimum atomic E-state index is -4.54. The Hall–Kier alpha value is -5.15. The molecule has 0 bridgehead atoms. The van der Waals surface area contributed by atoms with Crippen LogP contribution in [0.15, 0.2) is 134 Å². The fourth-order valence-electron chi connectivity index (χ4n) is 10.0. The maximum Gasteiger partial charge on any atom is 0.494 e. The van der Waals surface area contributed by atoms with Crippen molar-refractivity contribution in [3.05, 3.63) is 145 Å². The molecular weight excluding hydrogens is 888 g/mol. The second-order valence-corrected chi connectivity index (χ2v) is 21.4. The Bertz CT molecular complexity index is 2820. The highest BCUT2D eigenvalue weighted by Crippen LogP contribution is 2.51. The summed E-state index contributed by atoms with van der Waals surface area (Å²) in [6.07, 6.45) is 5.19. The van der Waals surface area contributed by atoms with Crippen molar-refractivity contribution < 1.29 is 41.1 Å². The van der Waals surface area contributed by atoms with E-state index in [0.717, 1.165) is 44.8 Å². The molecule has 6 aromatic rings. The minimum Gasteiger partial charge on any atom is -0.399 e. The number of nitrogens with zero attached hydrogens (tertiary/aromatic N) is 3. The van der Waals surface area contributed by atoms with Crippen LogP contribution in [0.4, 0.5) is 13.2 Å². The van der Waals surface area contributed by atoms with Gasteiger partial charge in [-0.05, 0) is 157 Å². The Morgan fingerprint density at radius 2 is 0.929 bits per heavy atom. The molecule has 1 saturated carbocycles. The van der Waals surface area contributed by atoms with E-state index >= 15 is 0 Å². The van der Waals surface area contributed by atoms with Gasteiger partial charge in [0.2, 0.25) is 0 Å². The first-order valence-electron chi connectivity index (χ1n) is 24.4. The molecule has 1 aliphatic carbocycles. The summed E-state index contributed by atoms with van der Waals surface area (Å²) in [5.41, 5.74) is 3.52. The number of hydrogen-bond donors (Lipinski definition) is 0. The Morgan fingerprint density at radius 3 is 1.39 bits per heavy atom. The standard InChI is InChI=1S/C55H59B3F3N3O6/c1-49(2)51(5,67-56(65-49)43-21-14-37(15-22-43)41-28-34-63-48(35-41)55(59,60)61)29-31-53(7)54(8,70-58(69-53)45-25-18-40(19-26-45)46-11-9-10-33-62-46)32-30-52(6)50(3,4)66-57(68-52)44-23-16-38(17-24-44)42-20-27-47(64-36-42)39-12-13-39/h9-11,14-28,33-36,39H,12-13,29-32H2,1-8H3. The third-order valence-electron chi connectivity index (χ3n) is 16.1. The molecule has 70 heavy (non-hydrogen) atoms. The van der Waals surface area contributed by atoms with E-state index in [0.29, 0.717) is 42.7 Å². The third-order valence-corrected chi connectivity index (χ3v) is 16.1. The van der Waals surface area contributed by atoms with E-state index in [4.69, 9.17) is 32.9 Å². The summed E-state index contributed by atoms with van der Waals surface area (Å²) in [4.78, 5) is 12.8. The van der Waals surface area contributed by atoms with Gasteiger partial charge >= 0.3 is 27.5 Å². The number of alkyl halides is 3. The highest BCUT2D eigenvalue weighted by atomic mass is 19.4. The van der Waals surface area contributed by atoms with E-state index in [-0.39, 0.29) is 0 Å². The molecule has 4 atom stereocenters. The molecule has 15 heteroatoms. The van der Waals surface area contributed by atoms with E-state index in [1.807, 2.05) is 62.5 Å². The van der Waals surface area contributed by atoms with Gasteiger partial charge in [0.05, 0.1) is 39.3 Å². The smallest absolute Gasteiger partial charge is 0.399 e. The Labute approximate surface area is 410 Å². The van der Waals surface area contributed by atoms with E-state index in [2.05, 4.69) is 100 Å². The topological polar surface area (TPSA) is 94.1 Å². The molecule has 3 aromatic carbocycles. The lowest BCUT2D eigenvalue weighted by molar-refractivity contribution is -0.141. The van der Waals surface area contributed by atoms with E-state index in [1.54, 1.807) is 24.4 Å². The second kappa shape index (κ2) is 17.9. The monoisotopic (exact) mass is 947 g/mol. The van der Waals surface area contributed by atoms with Gasteiger partial charge in [-0.3, -0.25) is 15.0 Å². The predicted octanol–water partition coefficient (Wildman–Crippen LogP) is 10.5. The molecular formula is C55H59B3F3N3O6. The zero-order valence-electron chi connectivity index (χ0n) is 41.2. The van der Waals surface area contributed by atoms with E-state index in [9.17, 15) is 13.2 Å². The summed E-state index contributed by atoms with van der Waals surface area (Å²) >= 11 is 0. The summed E-state index contributed by atoms with van der Waals surface area (Å²) in [7, 11) is -1.91. The van der Waals surface area contributed by atoms with Gasteiger partial charge in [-0.25, -0.2) is 0 Å². The van der Waals surface area contributed by atoms with Gasteiger partial charge in [0.1, 0.15) is 5.69 Å². The van der Waals surface area contributed by atoms with Crippen molar-refractivity contribution in [2.24, 2.45) is 0 Å². The molecule has 3 aliphatic heterocycles. The first-order valence-corrected chi connectivity index (χ1v) is 24.4. The lowest BCUT2D eigenvalue weighted by Gasteiger charge is -2.45. The summed E-state index contributed by atoms with van der Waals surface area (Å²) in [5.74, 6) is 0.614. The quantitative estimate of drug-likeness (QED) is 0.105. The molecule has 0 spiro atoms. The molecule has 3 saturated heterocycles. The minimum absolute atomic E-state index is 0.419. The Balaban J connectivity index is 0.867. The summed E-state index contributed by atoms with van der Waals surface area (Å²) in [6, 6.07) is 36.6. The molecule has 4 aliphatic rings. The van der Waals surface area contributed by atoms with Crippen LogP contribution in [0.5, 0.6) is 0 Å². The second-order valence-electron chi connectivity index (χ2n) is 21.4. The van der Waals surface area contributed by atoms with Crippen LogP contribution in [0, 0.1) is 0 Å². The van der Waals surface area contributed by atoms with Crippen molar-refractivity contribution in [2.45, 2.75) is 140 Å². The van der Waals surface area contributed by atoms with Crippen LogP contribution in [-0.4, -0.2) is 69.9 Å². The lowest BCUT2D eigenvalue weighted by Crippen LogP contribution is -2.53. The first kappa shape index (κ1) is 48.5. The van der Waals surface area contributed by atoms with Gasteiger partial charge in [-0.1, -0.05) is 84.9 Å². The van der Waals surface area contributed by atoms with Crippen LogP contribution in [0.25, 0.3) is 33.5 Å². The van der Waals surface area contributed by atoms with Crippen molar-refractivity contribution in [1.29, 1.82) is 0 Å². The predicted molar refractivity (Wildman–Crippen MR) is 269 cm³/mol. The number of benzene rings is 3. The van der Waals surface area contributed by atoms with Crippen LogP contribution >= 0.6 is 0 Å². The Kier molecular flexibility index (Phi) is 12.4. The summed E-state index contributed by atoms with van der Waals surface area (Å²) in [5, 5.41) is 0. The largest absolute Gasteiger partial charge is 0.494 e. The van der Waals surface area contributed by atoms with Crippen LogP contribution in [-0.2, 0) is 34.1 Å². The lowest BCUT2D eigenvalue weighted by atomic mass is 9.72. The van der Waals surface area contributed by atoms with Gasteiger partial charge in [0.25, 0.3) is 0 Å². The number of rotatable bonds is 13. The molecule has 0 amide bonds. The molecule has 9 nitrogen and oxygen atoms in total. The van der Waals surface area contributed by atoms with Crippen LogP contribution in [0.1, 0.15) is 111 Å². The maximum absolute atomic E-state index is 13.4. The maximum atomic E-state index is 13.4. The third kappa shape index (κ3) is 9.29. The van der Waals surface area contributed by atoms with Crippen molar-refractivity contribution in [3.8, 4) is 33.5 Å². The molecule has 0 N–H and O–H groups in total. The highest BCUT2D eigenvalue weighted by Gasteiger charge is 2.62. The normalized spacial score (nSPS) is 26.3. The van der Waals surface area contributed by atoms with Gasteiger partial charge in [0.15, 0.2) is 0 Å². The number of halogens is 3.